The lowest BCUT2D eigenvalue weighted by atomic mass is 10.0. The number of thioether (sulfide) groups is 1. The number of ether oxygens (including phenoxy) is 3. The molecule has 6 rings (SSSR count). The number of methoxy groups -OCH3 is 1. The van der Waals surface area contributed by atoms with E-state index in [1.807, 2.05) is 17.5 Å². The molecule has 4 aromatic rings. The molecule has 14 heteroatoms. The number of H-pyrrole nitrogens is 1. The van der Waals surface area contributed by atoms with E-state index < -0.39 is 17.5 Å². The Balaban J connectivity index is 1.09. The quantitative estimate of drug-likeness (QED) is 0.123. The van der Waals surface area contributed by atoms with Gasteiger partial charge in [-0.25, -0.2) is 9.59 Å². The Bertz CT molecular complexity index is 2000. The van der Waals surface area contributed by atoms with Crippen molar-refractivity contribution in [3.05, 3.63) is 90.7 Å². The van der Waals surface area contributed by atoms with E-state index >= 15 is 0 Å². The van der Waals surface area contributed by atoms with Gasteiger partial charge in [-0.1, -0.05) is 6.07 Å². The summed E-state index contributed by atoms with van der Waals surface area (Å²) in [6.07, 6.45) is 2.09. The number of aromatic carboxylic acids is 1. The van der Waals surface area contributed by atoms with E-state index in [4.69, 9.17) is 14.2 Å². The fraction of sp³-hybridized carbons (Fsp3) is 0.265. The lowest BCUT2D eigenvalue weighted by Crippen LogP contribution is -2.35. The molecule has 2 aliphatic heterocycles. The van der Waals surface area contributed by atoms with Gasteiger partial charge < -0.3 is 24.3 Å². The van der Waals surface area contributed by atoms with Crippen LogP contribution in [0, 0.1) is 0 Å². The molecule has 0 spiro atoms. The Labute approximate surface area is 282 Å². The fourth-order valence-electron chi connectivity index (χ4n) is 5.50. The van der Waals surface area contributed by atoms with Crippen LogP contribution in [0.3, 0.4) is 0 Å². The lowest BCUT2D eigenvalue weighted by Gasteiger charge is -2.27. The number of carbonyl (C=O) groups is 4. The highest BCUT2D eigenvalue weighted by molar-refractivity contribution is 8.18. The molecule has 0 atom stereocenters. The second-order valence-electron chi connectivity index (χ2n) is 11.1. The number of thiophene rings is 1. The highest BCUT2D eigenvalue weighted by atomic mass is 32.2. The summed E-state index contributed by atoms with van der Waals surface area (Å²) in [7, 11) is 1.26. The van der Waals surface area contributed by atoms with Crippen molar-refractivity contribution in [3.63, 3.8) is 0 Å². The maximum atomic E-state index is 13.2. The monoisotopic (exact) mass is 689 g/mol. The van der Waals surface area contributed by atoms with Gasteiger partial charge in [-0.05, 0) is 77.2 Å². The van der Waals surface area contributed by atoms with Gasteiger partial charge in [-0.2, -0.15) is 0 Å². The van der Waals surface area contributed by atoms with Crippen molar-refractivity contribution in [2.45, 2.75) is 13.0 Å². The number of imide groups is 1. The predicted octanol–water partition coefficient (Wildman–Crippen LogP) is 5.08. The minimum atomic E-state index is -1.02. The van der Waals surface area contributed by atoms with Crippen molar-refractivity contribution in [2.75, 3.05) is 46.6 Å². The zero-order valence-electron chi connectivity index (χ0n) is 25.9. The normalized spacial score (nSPS) is 16.2. The number of rotatable bonds is 11. The minimum absolute atomic E-state index is 0.164. The molecule has 2 amide bonds. The molecule has 12 nitrogen and oxygen atoms in total. The molecule has 0 aliphatic carbocycles. The highest BCUT2D eigenvalue weighted by Gasteiger charge is 2.34. The predicted molar refractivity (Wildman–Crippen MR) is 182 cm³/mol. The van der Waals surface area contributed by atoms with Crippen molar-refractivity contribution in [1.29, 1.82) is 0 Å². The van der Waals surface area contributed by atoms with Crippen LogP contribution in [0.1, 0.15) is 37.6 Å². The number of aromatic amines is 1. The second kappa shape index (κ2) is 14.6. The molecule has 2 saturated heterocycles. The SMILES string of the molecule is COC(=O)c1cc(=O)[nH]c2ccc(-c3csc(C=C4SC(=O)N(CCCOc5ccc(C(=O)O)cc5CN5CCOCC5)C4=O)c3)cc12. The molecule has 2 aromatic heterocycles. The Morgan fingerprint density at radius 2 is 1.85 bits per heavy atom. The van der Waals surface area contributed by atoms with E-state index in [0.717, 1.165) is 46.4 Å². The summed E-state index contributed by atoms with van der Waals surface area (Å²) in [4.78, 5) is 69.0. The third kappa shape index (κ3) is 7.36. The number of nitrogens with one attached hydrogen (secondary N) is 1. The van der Waals surface area contributed by atoms with Gasteiger partial charge in [0.1, 0.15) is 5.75 Å². The van der Waals surface area contributed by atoms with E-state index in [1.165, 1.54) is 35.5 Å². The first-order valence-electron chi connectivity index (χ1n) is 15.1. The van der Waals surface area contributed by atoms with Crippen LogP contribution in [0.2, 0.25) is 0 Å². The number of carbonyl (C=O) groups excluding carboxylic acids is 3. The molecule has 2 N–H and O–H groups in total. The summed E-state index contributed by atoms with van der Waals surface area (Å²) in [5.74, 6) is -1.44. The number of aromatic nitrogens is 1. The second-order valence-corrected chi connectivity index (χ2v) is 13.0. The summed E-state index contributed by atoms with van der Waals surface area (Å²) < 4.78 is 16.3. The van der Waals surface area contributed by atoms with Crippen molar-refractivity contribution in [2.24, 2.45) is 0 Å². The van der Waals surface area contributed by atoms with Crippen molar-refractivity contribution in [3.8, 4) is 16.9 Å². The van der Waals surface area contributed by atoms with Crippen LogP contribution in [-0.4, -0.2) is 89.5 Å². The largest absolute Gasteiger partial charge is 0.493 e. The van der Waals surface area contributed by atoms with E-state index in [9.17, 15) is 29.1 Å². The topological polar surface area (TPSA) is 156 Å². The van der Waals surface area contributed by atoms with Crippen LogP contribution in [0.25, 0.3) is 28.1 Å². The molecule has 0 bridgehead atoms. The summed E-state index contributed by atoms with van der Waals surface area (Å²) in [5.41, 5.74) is 2.84. The first kappa shape index (κ1) is 33.2. The standard InChI is InChI=1S/C34H31N3O9S2/c1-44-33(42)26-17-30(38)35-27-5-3-20(15-25(26)27)23-14-24(47-19-23)16-29-31(39)37(34(43)48-29)7-2-10-46-28-6-4-21(32(40)41)13-22(28)18-36-8-11-45-12-9-36/h3-6,13-17,19H,2,7-12,18H2,1H3,(H,35,38)(H,40,41). The zero-order valence-corrected chi connectivity index (χ0v) is 27.5. The smallest absolute Gasteiger partial charge is 0.338 e. The average molecular weight is 690 g/mol. The molecule has 2 fully saturated rings. The third-order valence-corrected chi connectivity index (χ3v) is 9.72. The van der Waals surface area contributed by atoms with Crippen LogP contribution in [0.5, 0.6) is 5.75 Å². The number of nitrogens with zero attached hydrogens (tertiary/aromatic N) is 2. The number of esters is 1. The molecule has 0 saturated carbocycles. The molecule has 0 unspecified atom stereocenters. The van der Waals surface area contributed by atoms with Gasteiger partial charge in [-0.15, -0.1) is 11.3 Å². The van der Waals surface area contributed by atoms with Crippen molar-refractivity contribution < 1.29 is 38.5 Å². The van der Waals surface area contributed by atoms with Gasteiger partial charge >= 0.3 is 11.9 Å². The summed E-state index contributed by atoms with van der Waals surface area (Å²) in [6.45, 7) is 3.63. The van der Waals surface area contributed by atoms with Gasteiger partial charge in [0.05, 0.1) is 43.0 Å². The average Bonchev–Trinajstić information content (AvgIpc) is 3.66. The Morgan fingerprint density at radius 3 is 2.62 bits per heavy atom. The number of carboxylic acid groups (broad SMARTS) is 1. The summed E-state index contributed by atoms with van der Waals surface area (Å²) >= 11 is 2.29. The van der Waals surface area contributed by atoms with E-state index in [-0.39, 0.29) is 35.4 Å². The summed E-state index contributed by atoms with van der Waals surface area (Å²) in [6, 6.07) is 13.2. The van der Waals surface area contributed by atoms with Crippen molar-refractivity contribution >= 4 is 63.2 Å². The number of hydrogen-bond acceptors (Lipinski definition) is 11. The Hall–Kier alpha value is -4.76. The molecule has 0 radical (unpaired) electrons. The molecule has 48 heavy (non-hydrogen) atoms. The number of hydrogen-bond donors (Lipinski definition) is 2. The maximum Gasteiger partial charge on any atom is 0.338 e. The molecule has 2 aromatic carbocycles. The molecular weight excluding hydrogens is 659 g/mol. The molecule has 248 valence electrons. The van der Waals surface area contributed by atoms with Crippen molar-refractivity contribution in [1.82, 2.24) is 14.8 Å². The Kier molecular flexibility index (Phi) is 10.1. The Morgan fingerprint density at radius 1 is 1.04 bits per heavy atom. The molecule has 4 heterocycles. The number of fused-ring (bicyclic) bond motifs is 1. The van der Waals surface area contributed by atoms with Gasteiger partial charge in [0.15, 0.2) is 0 Å². The molecular formula is C34H31N3O9S2. The van der Waals surface area contributed by atoms with Crippen LogP contribution in [-0.2, 0) is 20.8 Å². The number of amides is 2. The van der Waals surface area contributed by atoms with Gasteiger partial charge in [0.25, 0.3) is 11.1 Å². The number of benzene rings is 2. The number of carboxylic acids is 1. The van der Waals surface area contributed by atoms with Crippen LogP contribution < -0.4 is 10.3 Å². The van der Waals surface area contributed by atoms with Gasteiger partial charge in [0.2, 0.25) is 5.56 Å². The fourth-order valence-corrected chi connectivity index (χ4v) is 7.27. The maximum absolute atomic E-state index is 13.2. The highest BCUT2D eigenvalue weighted by Crippen LogP contribution is 2.35. The summed E-state index contributed by atoms with van der Waals surface area (Å²) in [5, 5.41) is 11.6. The van der Waals surface area contributed by atoms with Gasteiger partial charge in [-0.3, -0.25) is 24.2 Å². The molecule has 2 aliphatic rings. The van der Waals surface area contributed by atoms with E-state index in [2.05, 4.69) is 9.88 Å². The van der Waals surface area contributed by atoms with Crippen LogP contribution in [0.15, 0.2) is 63.6 Å². The number of morpholine rings is 1. The first-order chi connectivity index (χ1) is 23.2. The van der Waals surface area contributed by atoms with Crippen LogP contribution in [0.4, 0.5) is 4.79 Å². The third-order valence-electron chi connectivity index (χ3n) is 7.94. The van der Waals surface area contributed by atoms with E-state index in [1.54, 1.807) is 30.3 Å². The first-order valence-corrected chi connectivity index (χ1v) is 16.8. The zero-order chi connectivity index (χ0) is 33.8. The minimum Gasteiger partial charge on any atom is -0.493 e. The van der Waals surface area contributed by atoms with Crippen LogP contribution >= 0.6 is 23.1 Å². The lowest BCUT2D eigenvalue weighted by molar-refractivity contribution is -0.122. The number of pyridine rings is 1. The van der Waals surface area contributed by atoms with E-state index in [0.29, 0.717) is 47.7 Å². The van der Waals surface area contributed by atoms with Gasteiger partial charge in [0, 0.05) is 53.6 Å².